The number of guanidine groups is 1. The summed E-state index contributed by atoms with van der Waals surface area (Å²) in [5.74, 6) is 1.07. The van der Waals surface area contributed by atoms with Crippen LogP contribution in [0.4, 0.5) is 10.1 Å². The van der Waals surface area contributed by atoms with Crippen LogP contribution in [0, 0.1) is 11.7 Å². The zero-order valence-corrected chi connectivity index (χ0v) is 13.0. The molecule has 20 heavy (non-hydrogen) atoms. The van der Waals surface area contributed by atoms with Crippen LogP contribution in [0.5, 0.6) is 0 Å². The number of benzene rings is 1. The molecule has 0 radical (unpaired) electrons. The van der Waals surface area contributed by atoms with E-state index >= 15 is 0 Å². The van der Waals surface area contributed by atoms with Crippen molar-refractivity contribution in [2.75, 3.05) is 32.6 Å². The molecular weight excluding hydrogens is 255 g/mol. The Labute approximate surface area is 121 Å². The van der Waals surface area contributed by atoms with Gasteiger partial charge in [-0.1, -0.05) is 19.9 Å². The maximum Gasteiger partial charge on any atom is 0.191 e. The molecule has 0 unspecified atom stereocenters. The van der Waals surface area contributed by atoms with Gasteiger partial charge in [-0.2, -0.15) is 0 Å². The molecule has 4 nitrogen and oxygen atoms in total. The van der Waals surface area contributed by atoms with E-state index in [1.54, 1.807) is 24.1 Å². The second-order valence-corrected chi connectivity index (χ2v) is 5.38. The van der Waals surface area contributed by atoms with Crippen LogP contribution in [0.3, 0.4) is 0 Å². The number of hydrogen-bond donors (Lipinski definition) is 2. The predicted octanol–water partition coefficient (Wildman–Crippen LogP) is 2.21. The molecular formula is C15H25FN4. The van der Waals surface area contributed by atoms with Gasteiger partial charge in [0.15, 0.2) is 5.96 Å². The lowest BCUT2D eigenvalue weighted by Gasteiger charge is -2.16. The van der Waals surface area contributed by atoms with Gasteiger partial charge in [-0.25, -0.2) is 4.39 Å². The Balaban J connectivity index is 2.59. The maximum atomic E-state index is 13.8. The molecule has 1 aromatic carbocycles. The summed E-state index contributed by atoms with van der Waals surface area (Å²) < 4.78 is 13.8. The predicted molar refractivity (Wildman–Crippen MR) is 83.8 cm³/mol. The van der Waals surface area contributed by atoms with Crippen molar-refractivity contribution in [2.24, 2.45) is 10.9 Å². The van der Waals surface area contributed by atoms with E-state index in [9.17, 15) is 4.39 Å². The molecule has 5 heteroatoms. The third-order valence-corrected chi connectivity index (χ3v) is 2.86. The molecule has 0 saturated heterocycles. The van der Waals surface area contributed by atoms with Gasteiger partial charge in [0.1, 0.15) is 5.82 Å². The highest BCUT2D eigenvalue weighted by molar-refractivity contribution is 5.79. The van der Waals surface area contributed by atoms with Crippen molar-refractivity contribution >= 4 is 11.6 Å². The Morgan fingerprint density at radius 2 is 2.00 bits per heavy atom. The largest absolute Gasteiger partial charge is 0.375 e. The molecule has 0 aliphatic rings. The highest BCUT2D eigenvalue weighted by atomic mass is 19.1. The number of nitrogens with one attached hydrogen (secondary N) is 2. The van der Waals surface area contributed by atoms with Crippen LogP contribution in [-0.2, 0) is 6.54 Å². The third-order valence-electron chi connectivity index (χ3n) is 2.86. The van der Waals surface area contributed by atoms with E-state index in [1.807, 2.05) is 20.2 Å². The second-order valence-electron chi connectivity index (χ2n) is 5.38. The summed E-state index contributed by atoms with van der Waals surface area (Å²) in [6.07, 6.45) is 0. The number of aliphatic imine (C=N–C) groups is 1. The quantitative estimate of drug-likeness (QED) is 0.642. The number of anilines is 1. The lowest BCUT2D eigenvalue weighted by Crippen LogP contribution is -2.38. The van der Waals surface area contributed by atoms with Gasteiger partial charge in [0.25, 0.3) is 0 Å². The normalized spacial score (nSPS) is 11.7. The highest BCUT2D eigenvalue weighted by Crippen LogP contribution is 2.18. The topological polar surface area (TPSA) is 39.7 Å². The zero-order chi connectivity index (χ0) is 15.1. The van der Waals surface area contributed by atoms with E-state index in [0.29, 0.717) is 18.2 Å². The standard InChI is InChI=1S/C15H25FN4/c1-11(2)9-18-15(17-3)19-10-12-6-7-14(20(4)5)13(16)8-12/h6-8,11H,9-10H2,1-5H3,(H2,17,18,19). The molecule has 0 bridgehead atoms. The average Bonchev–Trinajstić information content (AvgIpc) is 2.38. The second kappa shape index (κ2) is 7.72. The van der Waals surface area contributed by atoms with E-state index < -0.39 is 0 Å². The average molecular weight is 280 g/mol. The van der Waals surface area contributed by atoms with Crippen molar-refractivity contribution in [1.82, 2.24) is 10.6 Å². The number of hydrogen-bond acceptors (Lipinski definition) is 2. The summed E-state index contributed by atoms with van der Waals surface area (Å²) in [7, 11) is 5.38. The molecule has 1 aromatic rings. The monoisotopic (exact) mass is 280 g/mol. The fraction of sp³-hybridized carbons (Fsp3) is 0.533. The van der Waals surface area contributed by atoms with Crippen molar-refractivity contribution < 1.29 is 4.39 Å². The molecule has 2 N–H and O–H groups in total. The fourth-order valence-electron chi connectivity index (χ4n) is 1.73. The Morgan fingerprint density at radius 3 is 2.50 bits per heavy atom. The first-order chi connectivity index (χ1) is 9.43. The highest BCUT2D eigenvalue weighted by Gasteiger charge is 2.06. The summed E-state index contributed by atoms with van der Waals surface area (Å²) in [6, 6.07) is 5.26. The zero-order valence-electron chi connectivity index (χ0n) is 13.0. The van der Waals surface area contributed by atoms with Gasteiger partial charge in [-0.15, -0.1) is 0 Å². The van der Waals surface area contributed by atoms with Crippen molar-refractivity contribution in [2.45, 2.75) is 20.4 Å². The SMILES string of the molecule is CN=C(NCc1ccc(N(C)C)c(F)c1)NCC(C)C. The van der Waals surface area contributed by atoms with Gasteiger partial charge >= 0.3 is 0 Å². The fourth-order valence-corrected chi connectivity index (χ4v) is 1.73. The van der Waals surface area contributed by atoms with Crippen LogP contribution in [-0.4, -0.2) is 33.6 Å². The Kier molecular flexibility index (Phi) is 6.28. The van der Waals surface area contributed by atoms with Crippen molar-refractivity contribution in [3.8, 4) is 0 Å². The van der Waals surface area contributed by atoms with Gasteiger partial charge in [0.2, 0.25) is 0 Å². The Hall–Kier alpha value is -1.78. The molecule has 0 aliphatic carbocycles. The van der Waals surface area contributed by atoms with Crippen molar-refractivity contribution in [1.29, 1.82) is 0 Å². The minimum absolute atomic E-state index is 0.209. The van der Waals surface area contributed by atoms with Crippen LogP contribution < -0.4 is 15.5 Å². The molecule has 0 amide bonds. The van der Waals surface area contributed by atoms with Crippen molar-refractivity contribution in [3.05, 3.63) is 29.6 Å². The smallest absolute Gasteiger partial charge is 0.191 e. The molecule has 1 rings (SSSR count). The van der Waals surface area contributed by atoms with Crippen LogP contribution in [0.15, 0.2) is 23.2 Å². The van der Waals surface area contributed by atoms with Gasteiger partial charge in [0.05, 0.1) is 5.69 Å². The maximum absolute atomic E-state index is 13.8. The number of nitrogens with zero attached hydrogens (tertiary/aromatic N) is 2. The first kappa shape index (κ1) is 16.3. The van der Waals surface area contributed by atoms with Crippen LogP contribution in [0.25, 0.3) is 0 Å². The van der Waals surface area contributed by atoms with Crippen molar-refractivity contribution in [3.63, 3.8) is 0 Å². The Morgan fingerprint density at radius 1 is 1.30 bits per heavy atom. The molecule has 0 spiro atoms. The van der Waals surface area contributed by atoms with E-state index in [4.69, 9.17) is 0 Å². The first-order valence-electron chi connectivity index (χ1n) is 6.84. The summed E-state index contributed by atoms with van der Waals surface area (Å²) in [6.45, 7) is 5.67. The van der Waals surface area contributed by atoms with Crippen LogP contribution in [0.1, 0.15) is 19.4 Å². The molecule has 0 fully saturated rings. The molecule has 0 saturated carbocycles. The lowest BCUT2D eigenvalue weighted by atomic mass is 10.2. The Bertz CT molecular complexity index is 455. The van der Waals surface area contributed by atoms with E-state index in [1.165, 1.54) is 0 Å². The third kappa shape index (κ3) is 5.07. The summed E-state index contributed by atoms with van der Waals surface area (Å²) in [4.78, 5) is 5.90. The molecule has 0 aromatic heterocycles. The molecule has 112 valence electrons. The number of halogens is 1. The van der Waals surface area contributed by atoms with Crippen LogP contribution in [0.2, 0.25) is 0 Å². The van der Waals surface area contributed by atoms with Gasteiger partial charge in [-0.05, 0) is 23.6 Å². The summed E-state index contributed by atoms with van der Waals surface area (Å²) >= 11 is 0. The molecule has 0 heterocycles. The first-order valence-corrected chi connectivity index (χ1v) is 6.84. The van der Waals surface area contributed by atoms with E-state index in [2.05, 4.69) is 29.5 Å². The minimum Gasteiger partial charge on any atom is -0.375 e. The van der Waals surface area contributed by atoms with Crippen LogP contribution >= 0.6 is 0 Å². The summed E-state index contributed by atoms with van der Waals surface area (Å²) in [5, 5.41) is 6.40. The van der Waals surface area contributed by atoms with Gasteiger partial charge < -0.3 is 15.5 Å². The lowest BCUT2D eigenvalue weighted by molar-refractivity contribution is 0.612. The van der Waals surface area contributed by atoms with E-state index in [0.717, 1.165) is 18.1 Å². The number of rotatable bonds is 5. The minimum atomic E-state index is -0.209. The van der Waals surface area contributed by atoms with E-state index in [-0.39, 0.29) is 5.82 Å². The van der Waals surface area contributed by atoms with Gasteiger partial charge in [0, 0.05) is 34.2 Å². The molecule has 0 atom stereocenters. The molecule has 0 aliphatic heterocycles. The van der Waals surface area contributed by atoms with Gasteiger partial charge in [-0.3, -0.25) is 4.99 Å². The summed E-state index contributed by atoms with van der Waals surface area (Å²) in [5.41, 5.74) is 1.48.